The molecule has 0 aliphatic carbocycles. The molecule has 30 heavy (non-hydrogen) atoms. The first kappa shape index (κ1) is 20.2. The molecule has 4 rings (SSSR count). The Morgan fingerprint density at radius 1 is 1.10 bits per heavy atom. The van der Waals surface area contributed by atoms with Crippen LogP contribution < -0.4 is 10.6 Å². The quantitative estimate of drug-likeness (QED) is 0.329. The highest BCUT2D eigenvalue weighted by molar-refractivity contribution is 9.10. The van der Waals surface area contributed by atoms with E-state index in [-0.39, 0.29) is 5.91 Å². The fraction of sp³-hybridized carbons (Fsp3) is 0.167. The fourth-order valence-electron chi connectivity index (χ4n) is 3.27. The molecule has 4 aromatic rings. The zero-order chi connectivity index (χ0) is 20.9. The van der Waals surface area contributed by atoms with Crippen molar-refractivity contribution >= 4 is 44.3 Å². The van der Waals surface area contributed by atoms with E-state index in [4.69, 9.17) is 4.42 Å². The van der Waals surface area contributed by atoms with Crippen molar-refractivity contribution in [1.82, 2.24) is 10.3 Å². The summed E-state index contributed by atoms with van der Waals surface area (Å²) in [5.74, 6) is 0.383. The molecule has 5 nitrogen and oxygen atoms in total. The number of carbonyl (C=O) groups excluding carboxylic acids is 1. The van der Waals surface area contributed by atoms with Crippen molar-refractivity contribution < 1.29 is 9.21 Å². The van der Waals surface area contributed by atoms with Gasteiger partial charge < -0.3 is 15.1 Å². The number of hydrogen-bond donors (Lipinski definition) is 2. The largest absolute Gasteiger partial charge is 0.464 e. The molecule has 2 aromatic carbocycles. The van der Waals surface area contributed by atoms with Gasteiger partial charge in [0.15, 0.2) is 0 Å². The molecule has 0 saturated heterocycles. The Labute approximate surface area is 183 Å². The predicted octanol–water partition coefficient (Wildman–Crippen LogP) is 6.00. The van der Waals surface area contributed by atoms with Crippen molar-refractivity contribution in [2.45, 2.75) is 19.8 Å². The molecule has 0 aliphatic rings. The third-order valence-corrected chi connectivity index (χ3v) is 5.76. The monoisotopic (exact) mass is 463 g/mol. The van der Waals surface area contributed by atoms with Gasteiger partial charge in [0.2, 0.25) is 0 Å². The lowest BCUT2D eigenvalue weighted by molar-refractivity contribution is 0.0948. The van der Waals surface area contributed by atoms with Gasteiger partial charge in [-0.2, -0.15) is 0 Å². The standard InChI is InChI=1S/C24H22BrN3O2/c1-16-14-18(9-10-20(16)25)27-23-19-11-13-30-22(19)15-21(28-23)24(29)26-12-5-8-17-6-3-2-4-7-17/h2-4,6-7,9-11,13-15H,5,8,12H2,1H3,(H,26,29)(H,27,28). The molecule has 2 N–H and O–H groups in total. The van der Waals surface area contributed by atoms with Gasteiger partial charge in [-0.3, -0.25) is 4.79 Å². The van der Waals surface area contributed by atoms with Gasteiger partial charge in [-0.25, -0.2) is 4.98 Å². The van der Waals surface area contributed by atoms with Crippen LogP contribution in [0.5, 0.6) is 0 Å². The average molecular weight is 464 g/mol. The van der Waals surface area contributed by atoms with E-state index in [0.29, 0.717) is 23.6 Å². The third-order valence-electron chi connectivity index (χ3n) is 4.87. The molecule has 2 aromatic heterocycles. The number of aryl methyl sites for hydroxylation is 2. The number of rotatable bonds is 7. The first-order chi connectivity index (χ1) is 14.6. The van der Waals surface area contributed by atoms with E-state index in [1.54, 1.807) is 12.3 Å². The minimum Gasteiger partial charge on any atom is -0.464 e. The van der Waals surface area contributed by atoms with Crippen LogP contribution in [0.2, 0.25) is 0 Å². The topological polar surface area (TPSA) is 67.2 Å². The molecule has 0 atom stereocenters. The number of nitrogens with zero attached hydrogens (tertiary/aromatic N) is 1. The van der Waals surface area contributed by atoms with Crippen molar-refractivity contribution in [2.24, 2.45) is 0 Å². The van der Waals surface area contributed by atoms with Gasteiger partial charge >= 0.3 is 0 Å². The Kier molecular flexibility index (Phi) is 6.14. The van der Waals surface area contributed by atoms with Gasteiger partial charge in [-0.1, -0.05) is 46.3 Å². The van der Waals surface area contributed by atoms with Gasteiger partial charge in [0.05, 0.1) is 11.6 Å². The lowest BCUT2D eigenvalue weighted by Gasteiger charge is -2.11. The van der Waals surface area contributed by atoms with Crippen LogP contribution in [0.4, 0.5) is 11.5 Å². The minimum absolute atomic E-state index is 0.212. The summed E-state index contributed by atoms with van der Waals surface area (Å²) >= 11 is 3.51. The number of halogens is 1. The Balaban J connectivity index is 1.47. The van der Waals surface area contributed by atoms with Crippen LogP contribution in [0.3, 0.4) is 0 Å². The predicted molar refractivity (Wildman–Crippen MR) is 123 cm³/mol. The van der Waals surface area contributed by atoms with Crippen LogP contribution >= 0.6 is 15.9 Å². The maximum Gasteiger partial charge on any atom is 0.270 e. The van der Waals surface area contributed by atoms with E-state index < -0.39 is 0 Å². The average Bonchev–Trinajstić information content (AvgIpc) is 3.23. The van der Waals surface area contributed by atoms with Crippen molar-refractivity contribution in [3.05, 3.63) is 88.2 Å². The molecule has 0 radical (unpaired) electrons. The fourth-order valence-corrected chi connectivity index (χ4v) is 3.51. The SMILES string of the molecule is Cc1cc(Nc2nc(C(=O)NCCCc3ccccc3)cc3occc23)ccc1Br. The Hall–Kier alpha value is -3.12. The molecule has 0 bridgehead atoms. The summed E-state index contributed by atoms with van der Waals surface area (Å²) in [7, 11) is 0. The van der Waals surface area contributed by atoms with E-state index in [0.717, 1.165) is 34.0 Å². The van der Waals surface area contributed by atoms with E-state index in [2.05, 4.69) is 43.7 Å². The maximum absolute atomic E-state index is 12.7. The maximum atomic E-state index is 12.7. The van der Waals surface area contributed by atoms with E-state index in [1.807, 2.05) is 49.4 Å². The van der Waals surface area contributed by atoms with Crippen LogP contribution in [0, 0.1) is 6.92 Å². The molecule has 6 heteroatoms. The van der Waals surface area contributed by atoms with E-state index in [1.165, 1.54) is 5.56 Å². The minimum atomic E-state index is -0.212. The van der Waals surface area contributed by atoms with Crippen LogP contribution in [-0.4, -0.2) is 17.4 Å². The second-order valence-corrected chi connectivity index (χ2v) is 7.98. The number of amides is 1. The Morgan fingerprint density at radius 2 is 1.93 bits per heavy atom. The van der Waals surface area contributed by atoms with Gasteiger partial charge in [0, 0.05) is 22.8 Å². The van der Waals surface area contributed by atoms with Crippen LogP contribution in [0.15, 0.2) is 75.8 Å². The normalized spacial score (nSPS) is 10.9. The zero-order valence-corrected chi connectivity index (χ0v) is 18.2. The number of fused-ring (bicyclic) bond motifs is 1. The van der Waals surface area contributed by atoms with Crippen molar-refractivity contribution in [2.75, 3.05) is 11.9 Å². The number of hydrogen-bond acceptors (Lipinski definition) is 4. The highest BCUT2D eigenvalue weighted by atomic mass is 79.9. The van der Waals surface area contributed by atoms with Crippen molar-refractivity contribution in [3.63, 3.8) is 0 Å². The molecule has 0 spiro atoms. The molecule has 1 amide bonds. The third kappa shape index (κ3) is 4.71. The highest BCUT2D eigenvalue weighted by Crippen LogP contribution is 2.28. The smallest absolute Gasteiger partial charge is 0.270 e. The van der Waals surface area contributed by atoms with E-state index >= 15 is 0 Å². The molecule has 0 saturated carbocycles. The molecule has 0 aliphatic heterocycles. The second-order valence-electron chi connectivity index (χ2n) is 7.12. The molecule has 2 heterocycles. The number of pyridine rings is 1. The number of benzene rings is 2. The van der Waals surface area contributed by atoms with Crippen LogP contribution in [0.25, 0.3) is 11.0 Å². The summed E-state index contributed by atoms with van der Waals surface area (Å²) in [4.78, 5) is 17.2. The summed E-state index contributed by atoms with van der Waals surface area (Å²) in [6.07, 6.45) is 3.38. The van der Waals surface area contributed by atoms with Gasteiger partial charge in [0.1, 0.15) is 17.1 Å². The summed E-state index contributed by atoms with van der Waals surface area (Å²) in [6.45, 7) is 2.61. The lowest BCUT2D eigenvalue weighted by Crippen LogP contribution is -2.25. The van der Waals surface area contributed by atoms with Gasteiger partial charge in [-0.15, -0.1) is 0 Å². The molecule has 0 fully saturated rings. The molecular formula is C24H22BrN3O2. The molecular weight excluding hydrogens is 442 g/mol. The molecule has 0 unspecified atom stereocenters. The summed E-state index contributed by atoms with van der Waals surface area (Å²) in [5, 5.41) is 7.10. The second kappa shape index (κ2) is 9.13. The zero-order valence-electron chi connectivity index (χ0n) is 16.6. The van der Waals surface area contributed by atoms with Crippen LogP contribution in [0.1, 0.15) is 28.0 Å². The van der Waals surface area contributed by atoms with Gasteiger partial charge in [0.25, 0.3) is 5.91 Å². The first-order valence-electron chi connectivity index (χ1n) is 9.84. The number of carbonyl (C=O) groups is 1. The first-order valence-corrected chi connectivity index (χ1v) is 10.6. The Morgan fingerprint density at radius 3 is 2.73 bits per heavy atom. The Bertz CT molecular complexity index is 1170. The number of anilines is 2. The highest BCUT2D eigenvalue weighted by Gasteiger charge is 2.14. The summed E-state index contributed by atoms with van der Waals surface area (Å²) < 4.78 is 6.59. The number of furan rings is 1. The number of nitrogens with one attached hydrogen (secondary N) is 2. The van der Waals surface area contributed by atoms with Crippen molar-refractivity contribution in [3.8, 4) is 0 Å². The van der Waals surface area contributed by atoms with Crippen LogP contribution in [-0.2, 0) is 6.42 Å². The summed E-state index contributed by atoms with van der Waals surface area (Å²) in [5.41, 5.74) is 4.21. The van der Waals surface area contributed by atoms with E-state index in [9.17, 15) is 4.79 Å². The lowest BCUT2D eigenvalue weighted by atomic mass is 10.1. The van der Waals surface area contributed by atoms with Gasteiger partial charge in [-0.05, 0) is 55.2 Å². The number of aromatic nitrogens is 1. The van der Waals surface area contributed by atoms with Crippen molar-refractivity contribution in [1.29, 1.82) is 0 Å². The molecule has 152 valence electrons. The summed E-state index contributed by atoms with van der Waals surface area (Å²) in [6, 6.07) is 19.7.